The van der Waals surface area contributed by atoms with Crippen molar-refractivity contribution in [3.8, 4) is 0 Å². The molecule has 2 aromatic rings. The molecule has 2 aliphatic heterocycles. The molecule has 0 saturated carbocycles. The highest BCUT2D eigenvalue weighted by Gasteiger charge is 2.40. The standard InChI is InChI=1S/C22H30N2O/c1-5-16-12-24-10-9-17-21-14(2)7-6-8-19(21)23-22(17)20(24)11-18(16)15(3)13-25-4/h6-8,13,16,18,20,23H,5,9-12H2,1-4H3/b15-13+/t16-,18-,20+/m1/s1. The lowest BCUT2D eigenvalue weighted by atomic mass is 9.74. The molecule has 1 N–H and O–H groups in total. The predicted molar refractivity (Wildman–Crippen MR) is 104 cm³/mol. The minimum atomic E-state index is 0.517. The van der Waals surface area contributed by atoms with Crippen LogP contribution in [0.3, 0.4) is 0 Å². The average molecular weight is 338 g/mol. The van der Waals surface area contributed by atoms with Crippen molar-refractivity contribution < 1.29 is 4.74 Å². The number of hydrogen-bond acceptors (Lipinski definition) is 2. The van der Waals surface area contributed by atoms with Gasteiger partial charge in [-0.15, -0.1) is 0 Å². The molecular weight excluding hydrogens is 308 g/mol. The van der Waals surface area contributed by atoms with Gasteiger partial charge in [0.25, 0.3) is 0 Å². The molecule has 0 spiro atoms. The summed E-state index contributed by atoms with van der Waals surface area (Å²) in [5.41, 5.74) is 7.15. The van der Waals surface area contributed by atoms with Crippen molar-refractivity contribution in [2.75, 3.05) is 20.2 Å². The van der Waals surface area contributed by atoms with Crippen LogP contribution in [0.15, 0.2) is 30.0 Å². The Hall–Kier alpha value is -1.74. The first-order valence-corrected chi connectivity index (χ1v) is 9.67. The fourth-order valence-electron chi connectivity index (χ4n) is 5.26. The van der Waals surface area contributed by atoms with E-state index in [1.165, 1.54) is 60.1 Å². The fourth-order valence-corrected chi connectivity index (χ4v) is 5.26. The van der Waals surface area contributed by atoms with Crippen LogP contribution in [0, 0.1) is 18.8 Å². The Morgan fingerprint density at radius 1 is 1.40 bits per heavy atom. The van der Waals surface area contributed by atoms with E-state index >= 15 is 0 Å². The quantitative estimate of drug-likeness (QED) is 0.800. The zero-order valence-corrected chi connectivity index (χ0v) is 15.9. The van der Waals surface area contributed by atoms with Crippen molar-refractivity contribution in [3.63, 3.8) is 0 Å². The molecule has 134 valence electrons. The maximum Gasteiger partial charge on any atom is 0.0816 e. The van der Waals surface area contributed by atoms with Crippen molar-refractivity contribution in [1.82, 2.24) is 9.88 Å². The van der Waals surface area contributed by atoms with Crippen LogP contribution in [0.25, 0.3) is 10.9 Å². The van der Waals surface area contributed by atoms with Gasteiger partial charge in [-0.3, -0.25) is 4.90 Å². The molecule has 0 bridgehead atoms. The molecule has 3 heteroatoms. The Balaban J connectivity index is 1.75. The summed E-state index contributed by atoms with van der Waals surface area (Å²) >= 11 is 0. The van der Waals surface area contributed by atoms with Crippen LogP contribution in [0.4, 0.5) is 0 Å². The SMILES string of the molecule is CC[C@@H]1CN2CCc3c([nH]c4cccc(C)c34)[C@@H]2C[C@@H]1/C(C)=C/OC. The normalized spacial score (nSPS) is 27.2. The van der Waals surface area contributed by atoms with Gasteiger partial charge in [-0.05, 0) is 61.3 Å². The summed E-state index contributed by atoms with van der Waals surface area (Å²) < 4.78 is 5.34. The Kier molecular flexibility index (Phi) is 4.36. The van der Waals surface area contributed by atoms with E-state index in [0.717, 1.165) is 5.92 Å². The van der Waals surface area contributed by atoms with E-state index in [4.69, 9.17) is 4.74 Å². The number of nitrogens with zero attached hydrogens (tertiary/aromatic N) is 1. The zero-order chi connectivity index (χ0) is 17.6. The second-order valence-electron chi connectivity index (χ2n) is 7.88. The number of aromatic nitrogens is 1. The van der Waals surface area contributed by atoms with Gasteiger partial charge in [0, 0.05) is 29.7 Å². The number of aryl methyl sites for hydroxylation is 1. The number of fused-ring (bicyclic) bond motifs is 5. The van der Waals surface area contributed by atoms with Gasteiger partial charge in [-0.1, -0.05) is 25.5 Å². The van der Waals surface area contributed by atoms with Crippen molar-refractivity contribution >= 4 is 10.9 Å². The van der Waals surface area contributed by atoms with E-state index in [0.29, 0.717) is 12.0 Å². The Morgan fingerprint density at radius 3 is 3.00 bits per heavy atom. The molecule has 2 aliphatic rings. The number of H-pyrrole nitrogens is 1. The number of allylic oxidation sites excluding steroid dienone is 1. The molecule has 0 unspecified atom stereocenters. The highest BCUT2D eigenvalue weighted by atomic mass is 16.5. The summed E-state index contributed by atoms with van der Waals surface area (Å²) in [6.45, 7) is 9.21. The largest absolute Gasteiger partial charge is 0.504 e. The smallest absolute Gasteiger partial charge is 0.0816 e. The maximum absolute atomic E-state index is 5.34. The van der Waals surface area contributed by atoms with Gasteiger partial charge in [0.1, 0.15) is 0 Å². The monoisotopic (exact) mass is 338 g/mol. The molecule has 25 heavy (non-hydrogen) atoms. The Labute approximate surface area is 151 Å². The fraction of sp³-hybridized carbons (Fsp3) is 0.545. The van der Waals surface area contributed by atoms with Crippen LogP contribution in [-0.2, 0) is 11.2 Å². The Bertz CT molecular complexity index is 804. The van der Waals surface area contributed by atoms with E-state index in [1.54, 1.807) is 12.7 Å². The number of hydrogen-bond donors (Lipinski definition) is 1. The minimum absolute atomic E-state index is 0.517. The number of aromatic amines is 1. The molecule has 0 aliphatic carbocycles. The summed E-state index contributed by atoms with van der Waals surface area (Å²) in [7, 11) is 1.76. The van der Waals surface area contributed by atoms with Gasteiger partial charge in [-0.2, -0.15) is 0 Å². The van der Waals surface area contributed by atoms with Crippen LogP contribution in [0.5, 0.6) is 0 Å². The third-order valence-corrected chi connectivity index (χ3v) is 6.52. The maximum atomic E-state index is 5.34. The highest BCUT2D eigenvalue weighted by molar-refractivity contribution is 5.88. The third kappa shape index (κ3) is 2.69. The number of ether oxygens (including phenoxy) is 1. The first-order valence-electron chi connectivity index (χ1n) is 9.67. The number of benzene rings is 1. The molecule has 0 radical (unpaired) electrons. The first-order chi connectivity index (χ1) is 12.1. The van der Waals surface area contributed by atoms with Gasteiger partial charge >= 0.3 is 0 Å². The summed E-state index contributed by atoms with van der Waals surface area (Å²) in [6.07, 6.45) is 5.57. The molecule has 4 rings (SSSR count). The van der Waals surface area contributed by atoms with Gasteiger partial charge in [-0.25, -0.2) is 0 Å². The Morgan fingerprint density at radius 2 is 2.24 bits per heavy atom. The van der Waals surface area contributed by atoms with E-state index in [2.05, 4.69) is 48.9 Å². The molecule has 3 heterocycles. The van der Waals surface area contributed by atoms with Crippen molar-refractivity contribution in [2.24, 2.45) is 11.8 Å². The summed E-state index contributed by atoms with van der Waals surface area (Å²) in [6, 6.07) is 7.16. The lowest BCUT2D eigenvalue weighted by Gasteiger charge is -2.46. The molecule has 1 aromatic carbocycles. The van der Waals surface area contributed by atoms with Gasteiger partial charge in [0.2, 0.25) is 0 Å². The third-order valence-electron chi connectivity index (χ3n) is 6.52. The average Bonchev–Trinajstić information content (AvgIpc) is 3.01. The van der Waals surface area contributed by atoms with Gasteiger partial charge in [0.05, 0.1) is 19.4 Å². The molecule has 0 amide bonds. The number of rotatable bonds is 3. The number of methoxy groups -OCH3 is 1. The number of nitrogens with one attached hydrogen (secondary N) is 1. The molecular formula is C22H30N2O. The zero-order valence-electron chi connectivity index (χ0n) is 15.9. The predicted octanol–water partition coefficient (Wildman–Crippen LogP) is 4.97. The van der Waals surface area contributed by atoms with Crippen LogP contribution in [0.1, 0.15) is 49.6 Å². The highest BCUT2D eigenvalue weighted by Crippen LogP contribution is 2.45. The summed E-state index contributed by atoms with van der Waals surface area (Å²) in [5, 5.41) is 1.47. The molecule has 1 fully saturated rings. The van der Waals surface area contributed by atoms with Crippen LogP contribution in [-0.4, -0.2) is 30.1 Å². The van der Waals surface area contributed by atoms with Crippen molar-refractivity contribution in [2.45, 2.75) is 46.1 Å². The number of piperidine rings is 1. The van der Waals surface area contributed by atoms with Crippen molar-refractivity contribution in [1.29, 1.82) is 0 Å². The summed E-state index contributed by atoms with van der Waals surface area (Å²) in [4.78, 5) is 6.51. The minimum Gasteiger partial charge on any atom is -0.504 e. The molecule has 3 nitrogen and oxygen atoms in total. The van der Waals surface area contributed by atoms with Crippen LogP contribution in [0.2, 0.25) is 0 Å². The molecule has 1 aromatic heterocycles. The molecule has 1 saturated heterocycles. The van der Waals surface area contributed by atoms with Crippen molar-refractivity contribution in [3.05, 3.63) is 46.9 Å². The van der Waals surface area contributed by atoms with E-state index in [1.807, 2.05) is 6.26 Å². The van der Waals surface area contributed by atoms with Crippen LogP contribution >= 0.6 is 0 Å². The van der Waals surface area contributed by atoms with E-state index in [9.17, 15) is 0 Å². The van der Waals surface area contributed by atoms with Crippen LogP contribution < -0.4 is 0 Å². The second kappa shape index (κ2) is 6.53. The summed E-state index contributed by atoms with van der Waals surface area (Å²) in [5.74, 6) is 1.35. The topological polar surface area (TPSA) is 28.3 Å². The van der Waals surface area contributed by atoms with Gasteiger partial charge < -0.3 is 9.72 Å². The van der Waals surface area contributed by atoms with Gasteiger partial charge in [0.15, 0.2) is 0 Å². The van der Waals surface area contributed by atoms with E-state index < -0.39 is 0 Å². The lowest BCUT2D eigenvalue weighted by Crippen LogP contribution is -2.46. The second-order valence-corrected chi connectivity index (χ2v) is 7.88. The first kappa shape index (κ1) is 16.7. The molecule has 3 atom stereocenters. The lowest BCUT2D eigenvalue weighted by molar-refractivity contribution is 0.0626. The van der Waals surface area contributed by atoms with E-state index in [-0.39, 0.29) is 0 Å².